The summed E-state index contributed by atoms with van der Waals surface area (Å²) in [6, 6.07) is 5.28. The van der Waals surface area contributed by atoms with Gasteiger partial charge in [-0.3, -0.25) is 4.79 Å². The second-order valence-electron chi connectivity index (χ2n) is 7.45. The highest BCUT2D eigenvalue weighted by molar-refractivity contribution is 5.80. The number of aliphatic imine (C=N–C) groups is 1. The zero-order chi connectivity index (χ0) is 20.5. The second-order valence-corrected chi connectivity index (χ2v) is 7.45. The Balaban J connectivity index is 1.94. The van der Waals surface area contributed by atoms with E-state index in [4.69, 9.17) is 4.74 Å². The van der Waals surface area contributed by atoms with Gasteiger partial charge in [0.1, 0.15) is 5.82 Å². The number of benzene rings is 1. The smallest absolute Gasteiger partial charge is 0.225 e. The third-order valence-electron chi connectivity index (χ3n) is 4.82. The van der Waals surface area contributed by atoms with Crippen LogP contribution in [0.5, 0.6) is 0 Å². The van der Waals surface area contributed by atoms with E-state index in [0.29, 0.717) is 12.1 Å². The Morgan fingerprint density at radius 3 is 2.68 bits per heavy atom. The van der Waals surface area contributed by atoms with Crippen molar-refractivity contribution in [2.24, 2.45) is 10.9 Å². The van der Waals surface area contributed by atoms with E-state index < -0.39 is 0 Å². The summed E-state index contributed by atoms with van der Waals surface area (Å²) < 4.78 is 18.8. The molecule has 1 aliphatic heterocycles. The summed E-state index contributed by atoms with van der Waals surface area (Å²) in [5, 5.41) is 6.73. The number of hydrogen-bond acceptors (Lipinski definition) is 3. The number of guanidine groups is 1. The number of likely N-dealkylation sites (tertiary alicyclic amines) is 1. The Labute approximate surface area is 167 Å². The van der Waals surface area contributed by atoms with Crippen LogP contribution in [0.1, 0.15) is 44.7 Å². The average molecular weight is 393 g/mol. The molecule has 1 saturated heterocycles. The molecule has 0 aliphatic carbocycles. The van der Waals surface area contributed by atoms with Gasteiger partial charge < -0.3 is 20.3 Å². The lowest BCUT2D eigenvalue weighted by atomic mass is 10.0. The molecule has 1 fully saturated rings. The van der Waals surface area contributed by atoms with Crippen LogP contribution in [0.4, 0.5) is 4.39 Å². The van der Waals surface area contributed by atoms with Gasteiger partial charge >= 0.3 is 0 Å². The molecule has 1 heterocycles. The number of hydrogen-bond donors (Lipinski definition) is 2. The first-order valence-corrected chi connectivity index (χ1v) is 10.0. The summed E-state index contributed by atoms with van der Waals surface area (Å²) in [4.78, 5) is 18.7. The number of nitrogens with zero attached hydrogens (tertiary/aromatic N) is 2. The molecule has 0 bridgehead atoms. The molecule has 0 aromatic heterocycles. The van der Waals surface area contributed by atoms with Gasteiger partial charge in [-0.2, -0.15) is 0 Å². The van der Waals surface area contributed by atoms with Gasteiger partial charge in [0.05, 0.1) is 13.2 Å². The number of halogens is 1. The maximum atomic E-state index is 13.8. The number of carbonyl (C=O) groups is 1. The van der Waals surface area contributed by atoms with Crippen LogP contribution in [0.25, 0.3) is 0 Å². The number of nitrogens with one attached hydrogen (secondary N) is 2. The van der Waals surface area contributed by atoms with Crippen LogP contribution in [0.3, 0.4) is 0 Å². The molecule has 2 rings (SSSR count). The number of amides is 1. The van der Waals surface area contributed by atoms with Crippen LogP contribution in [0, 0.1) is 11.7 Å². The van der Waals surface area contributed by atoms with Crippen molar-refractivity contribution in [1.82, 2.24) is 15.5 Å². The van der Waals surface area contributed by atoms with E-state index in [9.17, 15) is 9.18 Å². The lowest BCUT2D eigenvalue weighted by Crippen LogP contribution is -2.50. The van der Waals surface area contributed by atoms with Crippen molar-refractivity contribution in [2.75, 3.05) is 26.7 Å². The molecule has 1 amide bonds. The molecule has 156 valence electrons. The molecular weight excluding hydrogens is 359 g/mol. The molecule has 1 aromatic carbocycles. The minimum atomic E-state index is -0.262. The predicted molar refractivity (Wildman–Crippen MR) is 110 cm³/mol. The molecule has 0 unspecified atom stereocenters. The standard InChI is InChI=1S/C21H33FN4O2/c1-5-23-21(24-13-16-6-7-19(22)17(12-16)14-28-4)25-18-8-10-26(11-9-18)20(27)15(2)3/h6-7,12,15,18H,5,8-11,13-14H2,1-4H3,(H2,23,24,25). The quantitative estimate of drug-likeness (QED) is 0.553. The van der Waals surface area contributed by atoms with Crippen LogP contribution in [0.2, 0.25) is 0 Å². The maximum Gasteiger partial charge on any atom is 0.225 e. The Kier molecular flexibility index (Phi) is 8.70. The van der Waals surface area contributed by atoms with Crippen molar-refractivity contribution in [3.8, 4) is 0 Å². The van der Waals surface area contributed by atoms with E-state index in [1.807, 2.05) is 25.7 Å². The number of piperidine rings is 1. The van der Waals surface area contributed by atoms with Gasteiger partial charge in [-0.05, 0) is 37.5 Å². The van der Waals surface area contributed by atoms with E-state index in [1.54, 1.807) is 19.2 Å². The third-order valence-corrected chi connectivity index (χ3v) is 4.82. The molecule has 1 aliphatic rings. The van der Waals surface area contributed by atoms with Gasteiger partial charge in [0.2, 0.25) is 5.91 Å². The van der Waals surface area contributed by atoms with Gasteiger partial charge in [-0.25, -0.2) is 9.38 Å². The van der Waals surface area contributed by atoms with Gasteiger partial charge in [-0.1, -0.05) is 19.9 Å². The normalized spacial score (nSPS) is 15.8. The van der Waals surface area contributed by atoms with Crippen molar-refractivity contribution in [3.05, 3.63) is 35.1 Å². The van der Waals surface area contributed by atoms with Crippen molar-refractivity contribution in [3.63, 3.8) is 0 Å². The number of carbonyl (C=O) groups excluding carboxylic acids is 1. The van der Waals surface area contributed by atoms with E-state index in [1.165, 1.54) is 6.07 Å². The van der Waals surface area contributed by atoms with Crippen LogP contribution in [0.15, 0.2) is 23.2 Å². The zero-order valence-corrected chi connectivity index (χ0v) is 17.4. The predicted octanol–water partition coefficient (Wildman–Crippen LogP) is 2.67. The topological polar surface area (TPSA) is 66.0 Å². The highest BCUT2D eigenvalue weighted by atomic mass is 19.1. The fourth-order valence-corrected chi connectivity index (χ4v) is 3.29. The molecule has 2 N–H and O–H groups in total. The van der Waals surface area contributed by atoms with Crippen molar-refractivity contribution in [2.45, 2.75) is 52.8 Å². The Hall–Kier alpha value is -2.15. The first-order chi connectivity index (χ1) is 13.4. The maximum absolute atomic E-state index is 13.8. The monoisotopic (exact) mass is 392 g/mol. The number of methoxy groups -OCH3 is 1. The van der Waals surface area contributed by atoms with Crippen LogP contribution in [-0.4, -0.2) is 49.6 Å². The van der Waals surface area contributed by atoms with Crippen LogP contribution >= 0.6 is 0 Å². The largest absolute Gasteiger partial charge is 0.380 e. The van der Waals surface area contributed by atoms with Crippen molar-refractivity contribution in [1.29, 1.82) is 0 Å². The molecule has 0 atom stereocenters. The molecule has 1 aromatic rings. The average Bonchev–Trinajstić information content (AvgIpc) is 2.68. The summed E-state index contributed by atoms with van der Waals surface area (Å²) in [5.74, 6) is 0.750. The molecular formula is C21H33FN4O2. The summed E-state index contributed by atoms with van der Waals surface area (Å²) in [6.45, 7) is 8.90. The highest BCUT2D eigenvalue weighted by Crippen LogP contribution is 2.14. The molecule has 0 saturated carbocycles. The number of ether oxygens (including phenoxy) is 1. The van der Waals surface area contributed by atoms with Crippen molar-refractivity contribution >= 4 is 11.9 Å². The fourth-order valence-electron chi connectivity index (χ4n) is 3.29. The molecule has 0 spiro atoms. The molecule has 7 heteroatoms. The van der Waals surface area contributed by atoms with Crippen LogP contribution < -0.4 is 10.6 Å². The van der Waals surface area contributed by atoms with E-state index >= 15 is 0 Å². The lowest BCUT2D eigenvalue weighted by Gasteiger charge is -2.34. The van der Waals surface area contributed by atoms with E-state index in [-0.39, 0.29) is 30.3 Å². The summed E-state index contributed by atoms with van der Waals surface area (Å²) >= 11 is 0. The van der Waals surface area contributed by atoms with Gasteiger partial charge in [-0.15, -0.1) is 0 Å². The van der Waals surface area contributed by atoms with Gasteiger partial charge in [0.25, 0.3) is 0 Å². The Bertz CT molecular complexity index is 670. The minimum absolute atomic E-state index is 0.0436. The second kappa shape index (κ2) is 11.0. The first-order valence-electron chi connectivity index (χ1n) is 10.0. The summed E-state index contributed by atoms with van der Waals surface area (Å²) in [5.41, 5.74) is 1.47. The molecule has 0 radical (unpaired) electrons. The van der Waals surface area contributed by atoms with Gasteiger partial charge in [0.15, 0.2) is 5.96 Å². The molecule has 28 heavy (non-hydrogen) atoms. The first kappa shape index (κ1) is 22.1. The van der Waals surface area contributed by atoms with E-state index in [0.717, 1.165) is 44.0 Å². The highest BCUT2D eigenvalue weighted by Gasteiger charge is 2.24. The SMILES string of the molecule is CCNC(=NCc1ccc(F)c(COC)c1)NC1CCN(C(=O)C(C)C)CC1. The Morgan fingerprint density at radius 1 is 1.36 bits per heavy atom. The Morgan fingerprint density at radius 2 is 2.07 bits per heavy atom. The lowest BCUT2D eigenvalue weighted by molar-refractivity contribution is -0.135. The summed E-state index contributed by atoms with van der Waals surface area (Å²) in [7, 11) is 1.55. The molecule has 6 nitrogen and oxygen atoms in total. The summed E-state index contributed by atoms with van der Waals surface area (Å²) in [6.07, 6.45) is 1.80. The van der Waals surface area contributed by atoms with Gasteiger partial charge in [0, 0.05) is 44.3 Å². The van der Waals surface area contributed by atoms with E-state index in [2.05, 4.69) is 15.6 Å². The minimum Gasteiger partial charge on any atom is -0.380 e. The third kappa shape index (κ3) is 6.48. The zero-order valence-electron chi connectivity index (χ0n) is 17.4. The fraction of sp³-hybridized carbons (Fsp3) is 0.619. The van der Waals surface area contributed by atoms with Crippen molar-refractivity contribution < 1.29 is 13.9 Å². The van der Waals surface area contributed by atoms with Crippen LogP contribution in [-0.2, 0) is 22.7 Å². The number of rotatable bonds is 7.